The maximum Gasteiger partial charge on any atom is 0.345 e. The molecular weight excluding hydrogens is 254 g/mol. The summed E-state index contributed by atoms with van der Waals surface area (Å²) in [5, 5.41) is 19.5. The van der Waals surface area contributed by atoms with Gasteiger partial charge in [0.1, 0.15) is 5.56 Å². The Labute approximate surface area is 109 Å². The smallest absolute Gasteiger partial charge is 0.345 e. The van der Waals surface area contributed by atoms with Crippen LogP contribution in [0.15, 0.2) is 18.2 Å². The van der Waals surface area contributed by atoms with Gasteiger partial charge in [-0.15, -0.1) is 0 Å². The first-order chi connectivity index (χ1) is 8.97. The Morgan fingerprint density at radius 2 is 2.11 bits per heavy atom. The Morgan fingerprint density at radius 1 is 1.42 bits per heavy atom. The van der Waals surface area contributed by atoms with Crippen molar-refractivity contribution in [2.24, 2.45) is 0 Å². The third-order valence-corrected chi connectivity index (χ3v) is 2.41. The molecule has 0 aromatic heterocycles. The highest BCUT2D eigenvalue weighted by molar-refractivity contribution is 5.95. The standard InChI is InChI=1S/C12H13NO6/c1-2-19-12(16)11-8(6-7-10(14)15)4-3-5-9(11)13(17)18/h3-5H,2,6-7H2,1H3,(H,14,15). The first-order valence-corrected chi connectivity index (χ1v) is 5.62. The van der Waals surface area contributed by atoms with Crippen LogP contribution in [0.3, 0.4) is 0 Å². The van der Waals surface area contributed by atoms with Crippen molar-refractivity contribution in [2.45, 2.75) is 19.8 Å². The van der Waals surface area contributed by atoms with E-state index in [0.29, 0.717) is 5.56 Å². The lowest BCUT2D eigenvalue weighted by Crippen LogP contribution is -2.12. The minimum atomic E-state index is -1.04. The summed E-state index contributed by atoms with van der Waals surface area (Å²) in [7, 11) is 0. The molecule has 0 atom stereocenters. The Balaban J connectivity index is 3.21. The lowest BCUT2D eigenvalue weighted by molar-refractivity contribution is -0.385. The van der Waals surface area contributed by atoms with Crippen LogP contribution < -0.4 is 0 Å². The molecule has 0 radical (unpaired) electrons. The highest BCUT2D eigenvalue weighted by Gasteiger charge is 2.24. The third kappa shape index (κ3) is 3.77. The Bertz CT molecular complexity index is 511. The molecular formula is C12H13NO6. The van der Waals surface area contributed by atoms with E-state index in [1.165, 1.54) is 18.2 Å². The number of esters is 1. The second-order valence-corrected chi connectivity index (χ2v) is 3.68. The van der Waals surface area contributed by atoms with Crippen molar-refractivity contribution in [1.82, 2.24) is 0 Å². The SMILES string of the molecule is CCOC(=O)c1c(CCC(=O)O)cccc1[N+](=O)[O-]. The minimum absolute atomic E-state index is 0.0329. The van der Waals surface area contributed by atoms with Crippen molar-refractivity contribution in [3.8, 4) is 0 Å². The molecule has 0 amide bonds. The van der Waals surface area contributed by atoms with Gasteiger partial charge in [0.2, 0.25) is 0 Å². The van der Waals surface area contributed by atoms with Gasteiger partial charge in [0, 0.05) is 12.5 Å². The van der Waals surface area contributed by atoms with E-state index in [0.717, 1.165) is 0 Å². The highest BCUT2D eigenvalue weighted by Crippen LogP contribution is 2.24. The number of rotatable bonds is 6. The van der Waals surface area contributed by atoms with Crippen molar-refractivity contribution in [2.75, 3.05) is 6.61 Å². The molecule has 0 aliphatic heterocycles. The molecule has 1 aromatic rings. The number of nitro groups is 1. The van der Waals surface area contributed by atoms with Gasteiger partial charge in [-0.3, -0.25) is 14.9 Å². The Hall–Kier alpha value is -2.44. The third-order valence-electron chi connectivity index (χ3n) is 2.41. The molecule has 0 unspecified atom stereocenters. The highest BCUT2D eigenvalue weighted by atomic mass is 16.6. The van der Waals surface area contributed by atoms with Gasteiger partial charge >= 0.3 is 11.9 Å². The summed E-state index contributed by atoms with van der Waals surface area (Å²) in [6, 6.07) is 4.09. The van der Waals surface area contributed by atoms with E-state index >= 15 is 0 Å². The number of nitro benzene ring substituents is 1. The van der Waals surface area contributed by atoms with Crippen molar-refractivity contribution in [3.63, 3.8) is 0 Å². The number of hydrogen-bond acceptors (Lipinski definition) is 5. The van der Waals surface area contributed by atoms with E-state index in [1.807, 2.05) is 0 Å². The topological polar surface area (TPSA) is 107 Å². The first-order valence-electron chi connectivity index (χ1n) is 5.62. The number of carbonyl (C=O) groups excluding carboxylic acids is 1. The number of aliphatic carboxylic acids is 1. The molecule has 0 bridgehead atoms. The maximum atomic E-state index is 11.8. The van der Waals surface area contributed by atoms with E-state index in [2.05, 4.69) is 0 Å². The van der Waals surface area contributed by atoms with Gasteiger partial charge in [-0.2, -0.15) is 0 Å². The fraction of sp³-hybridized carbons (Fsp3) is 0.333. The Kier molecular flexibility index (Phi) is 4.99. The van der Waals surface area contributed by atoms with Crippen LogP contribution in [-0.2, 0) is 16.0 Å². The molecule has 0 saturated carbocycles. The summed E-state index contributed by atoms with van der Waals surface area (Å²) in [4.78, 5) is 32.5. The zero-order valence-electron chi connectivity index (χ0n) is 10.3. The molecule has 1 aromatic carbocycles. The number of carboxylic acids is 1. The molecule has 7 nitrogen and oxygen atoms in total. The molecule has 0 aliphatic rings. The number of benzene rings is 1. The summed E-state index contributed by atoms with van der Waals surface area (Å²) < 4.78 is 4.78. The quantitative estimate of drug-likeness (QED) is 0.478. The van der Waals surface area contributed by atoms with Gasteiger partial charge in [-0.05, 0) is 18.9 Å². The number of ether oxygens (including phenoxy) is 1. The van der Waals surface area contributed by atoms with Crippen LogP contribution in [0.4, 0.5) is 5.69 Å². The lowest BCUT2D eigenvalue weighted by Gasteiger charge is -2.08. The molecule has 0 heterocycles. The predicted octanol–water partition coefficient (Wildman–Crippen LogP) is 1.79. The second-order valence-electron chi connectivity index (χ2n) is 3.68. The van der Waals surface area contributed by atoms with Crippen LogP contribution in [0.25, 0.3) is 0 Å². The van der Waals surface area contributed by atoms with E-state index in [9.17, 15) is 19.7 Å². The van der Waals surface area contributed by atoms with Crippen molar-refractivity contribution >= 4 is 17.6 Å². The van der Waals surface area contributed by atoms with Crippen LogP contribution in [0, 0.1) is 10.1 Å². The summed E-state index contributed by atoms with van der Waals surface area (Å²) in [6.07, 6.45) is -0.182. The molecule has 0 saturated heterocycles. The summed E-state index contributed by atoms with van der Waals surface area (Å²) in [5.74, 6) is -1.85. The van der Waals surface area contributed by atoms with Crippen LogP contribution in [-0.4, -0.2) is 28.6 Å². The molecule has 0 aliphatic carbocycles. The lowest BCUT2D eigenvalue weighted by atomic mass is 10.0. The average molecular weight is 267 g/mol. The molecule has 0 fully saturated rings. The summed E-state index contributed by atoms with van der Waals surface area (Å²) in [5.41, 5.74) is -0.244. The van der Waals surface area contributed by atoms with Crippen LogP contribution in [0.5, 0.6) is 0 Å². The monoisotopic (exact) mass is 267 g/mol. The number of aryl methyl sites for hydroxylation is 1. The minimum Gasteiger partial charge on any atom is -0.481 e. The molecule has 1 rings (SSSR count). The molecule has 0 spiro atoms. The first kappa shape index (κ1) is 14.6. The van der Waals surface area contributed by atoms with Gasteiger partial charge in [-0.25, -0.2) is 4.79 Å². The molecule has 1 N–H and O–H groups in total. The second kappa shape index (κ2) is 6.48. The van der Waals surface area contributed by atoms with E-state index in [4.69, 9.17) is 9.84 Å². The van der Waals surface area contributed by atoms with E-state index in [1.54, 1.807) is 6.92 Å². The zero-order valence-corrected chi connectivity index (χ0v) is 10.3. The van der Waals surface area contributed by atoms with E-state index in [-0.39, 0.29) is 30.7 Å². The van der Waals surface area contributed by atoms with E-state index < -0.39 is 16.9 Å². The fourth-order valence-corrected chi connectivity index (χ4v) is 1.63. The molecule has 7 heteroatoms. The number of carboxylic acid groups (broad SMARTS) is 1. The van der Waals surface area contributed by atoms with Gasteiger partial charge in [0.15, 0.2) is 0 Å². The predicted molar refractivity (Wildman–Crippen MR) is 65.0 cm³/mol. The molecule has 19 heavy (non-hydrogen) atoms. The van der Waals surface area contributed by atoms with Crippen LogP contribution in [0.1, 0.15) is 29.3 Å². The largest absolute Gasteiger partial charge is 0.481 e. The van der Waals surface area contributed by atoms with Crippen LogP contribution in [0.2, 0.25) is 0 Å². The van der Waals surface area contributed by atoms with Crippen molar-refractivity contribution in [1.29, 1.82) is 0 Å². The normalized spacial score (nSPS) is 9.95. The number of nitrogens with zero attached hydrogens (tertiary/aromatic N) is 1. The molecule has 102 valence electrons. The Morgan fingerprint density at radius 3 is 2.63 bits per heavy atom. The van der Waals surface area contributed by atoms with Gasteiger partial charge < -0.3 is 9.84 Å². The van der Waals surface area contributed by atoms with Gasteiger partial charge in [-0.1, -0.05) is 12.1 Å². The van der Waals surface area contributed by atoms with Crippen molar-refractivity contribution in [3.05, 3.63) is 39.4 Å². The van der Waals surface area contributed by atoms with Crippen LogP contribution >= 0.6 is 0 Å². The average Bonchev–Trinajstić information content (AvgIpc) is 2.35. The van der Waals surface area contributed by atoms with Gasteiger partial charge in [0.05, 0.1) is 11.5 Å². The fourth-order valence-electron chi connectivity index (χ4n) is 1.63. The zero-order chi connectivity index (χ0) is 14.4. The van der Waals surface area contributed by atoms with Crippen molar-refractivity contribution < 1.29 is 24.4 Å². The van der Waals surface area contributed by atoms with Gasteiger partial charge in [0.25, 0.3) is 5.69 Å². The summed E-state index contributed by atoms with van der Waals surface area (Å²) in [6.45, 7) is 1.67. The number of hydrogen-bond donors (Lipinski definition) is 1. The summed E-state index contributed by atoms with van der Waals surface area (Å²) >= 11 is 0. The number of carbonyl (C=O) groups is 2. The maximum absolute atomic E-state index is 11.8.